The smallest absolute Gasteiger partial charge is 0.121 e. The van der Waals surface area contributed by atoms with E-state index in [1.54, 1.807) is 24.3 Å². The maximum absolute atomic E-state index is 10.1. The van der Waals surface area contributed by atoms with Gasteiger partial charge in [0.2, 0.25) is 0 Å². The predicted molar refractivity (Wildman–Crippen MR) is 63.6 cm³/mol. The lowest BCUT2D eigenvalue weighted by atomic mass is 10.0. The maximum Gasteiger partial charge on any atom is 0.121 e. The highest BCUT2D eigenvalue weighted by atomic mass is 35.5. The highest BCUT2D eigenvalue weighted by Crippen LogP contribution is 2.31. The molecule has 0 bridgehead atoms. The largest absolute Gasteiger partial charge is 0.508 e. The molecule has 2 N–H and O–H groups in total. The number of aliphatic hydroxyl groups excluding tert-OH is 1. The third-order valence-corrected chi connectivity index (χ3v) is 2.63. The number of benzene rings is 2. The summed E-state index contributed by atoms with van der Waals surface area (Å²) in [5.41, 5.74) is 1.14. The summed E-state index contributed by atoms with van der Waals surface area (Å²) < 4.78 is 0. The van der Waals surface area contributed by atoms with E-state index in [1.807, 2.05) is 18.2 Å². The molecule has 2 aromatic rings. The SMILES string of the molecule is Oc1ccc(Cl)cc1[C@@H](O)c1ccccc1. The lowest BCUT2D eigenvalue weighted by molar-refractivity contribution is 0.215. The van der Waals surface area contributed by atoms with Crippen molar-refractivity contribution in [3.8, 4) is 5.75 Å². The Labute approximate surface area is 98.7 Å². The molecule has 3 heteroatoms. The summed E-state index contributed by atoms with van der Waals surface area (Å²) >= 11 is 5.83. The molecule has 1 atom stereocenters. The molecule has 2 rings (SSSR count). The molecule has 0 amide bonds. The number of hydrogen-bond acceptors (Lipinski definition) is 2. The van der Waals surface area contributed by atoms with Crippen LogP contribution in [0.15, 0.2) is 48.5 Å². The van der Waals surface area contributed by atoms with E-state index < -0.39 is 6.10 Å². The van der Waals surface area contributed by atoms with E-state index in [1.165, 1.54) is 6.07 Å². The van der Waals surface area contributed by atoms with E-state index in [-0.39, 0.29) is 5.75 Å². The van der Waals surface area contributed by atoms with E-state index >= 15 is 0 Å². The Kier molecular flexibility index (Phi) is 3.13. The van der Waals surface area contributed by atoms with Gasteiger partial charge in [0.15, 0.2) is 0 Å². The molecule has 0 saturated carbocycles. The number of aliphatic hydroxyl groups is 1. The number of halogens is 1. The van der Waals surface area contributed by atoms with Crippen molar-refractivity contribution in [2.75, 3.05) is 0 Å². The van der Waals surface area contributed by atoms with Crippen LogP contribution in [0.4, 0.5) is 0 Å². The first-order valence-corrected chi connectivity index (χ1v) is 5.27. The molecule has 0 aliphatic carbocycles. The standard InChI is InChI=1S/C13H11ClO2/c14-10-6-7-12(15)11(8-10)13(16)9-4-2-1-3-5-9/h1-8,13,15-16H/t13-/m0/s1. The summed E-state index contributed by atoms with van der Waals surface area (Å²) in [7, 11) is 0. The van der Waals surface area contributed by atoms with Gasteiger partial charge in [0, 0.05) is 10.6 Å². The average Bonchev–Trinajstić information content (AvgIpc) is 2.32. The van der Waals surface area contributed by atoms with Gasteiger partial charge in [0.1, 0.15) is 11.9 Å². The minimum Gasteiger partial charge on any atom is -0.508 e. The van der Waals surface area contributed by atoms with Crippen LogP contribution in [0, 0.1) is 0 Å². The van der Waals surface area contributed by atoms with Crippen molar-refractivity contribution in [2.45, 2.75) is 6.10 Å². The lowest BCUT2D eigenvalue weighted by Crippen LogP contribution is -1.99. The van der Waals surface area contributed by atoms with Crippen LogP contribution in [0.25, 0.3) is 0 Å². The predicted octanol–water partition coefficient (Wildman–Crippen LogP) is 3.13. The molecule has 0 aliphatic heterocycles. The number of phenols is 1. The average molecular weight is 235 g/mol. The van der Waals surface area contributed by atoms with Crippen molar-refractivity contribution in [1.29, 1.82) is 0 Å². The second kappa shape index (κ2) is 4.56. The summed E-state index contributed by atoms with van der Waals surface area (Å²) in [6.45, 7) is 0. The van der Waals surface area contributed by atoms with Crippen LogP contribution in [0.1, 0.15) is 17.2 Å². The molecule has 0 aliphatic rings. The van der Waals surface area contributed by atoms with Crippen molar-refractivity contribution in [1.82, 2.24) is 0 Å². The lowest BCUT2D eigenvalue weighted by Gasteiger charge is -2.13. The van der Waals surface area contributed by atoms with Gasteiger partial charge in [-0.15, -0.1) is 0 Å². The zero-order valence-electron chi connectivity index (χ0n) is 8.47. The highest BCUT2D eigenvalue weighted by Gasteiger charge is 2.14. The summed E-state index contributed by atoms with van der Waals surface area (Å²) in [5.74, 6) is 0.0424. The minimum atomic E-state index is -0.861. The fraction of sp³-hybridized carbons (Fsp3) is 0.0769. The Morgan fingerprint density at radius 3 is 2.38 bits per heavy atom. The molecule has 0 heterocycles. The van der Waals surface area contributed by atoms with E-state index in [9.17, 15) is 10.2 Å². The second-order valence-electron chi connectivity index (χ2n) is 3.52. The molecule has 16 heavy (non-hydrogen) atoms. The molecule has 0 aromatic heterocycles. The molecular weight excluding hydrogens is 224 g/mol. The van der Waals surface area contributed by atoms with Gasteiger partial charge in [-0.25, -0.2) is 0 Å². The molecular formula is C13H11ClO2. The normalized spacial score (nSPS) is 12.4. The summed E-state index contributed by atoms with van der Waals surface area (Å²) in [4.78, 5) is 0. The van der Waals surface area contributed by atoms with Gasteiger partial charge in [-0.2, -0.15) is 0 Å². The molecule has 0 radical (unpaired) electrons. The Morgan fingerprint density at radius 1 is 1.00 bits per heavy atom. The first kappa shape index (κ1) is 11.0. The second-order valence-corrected chi connectivity index (χ2v) is 3.95. The van der Waals surface area contributed by atoms with Crippen LogP contribution < -0.4 is 0 Å². The van der Waals surface area contributed by atoms with Crippen LogP contribution in [0.3, 0.4) is 0 Å². The maximum atomic E-state index is 10.1. The molecule has 0 unspecified atom stereocenters. The number of phenolic OH excluding ortho intramolecular Hbond substituents is 1. The van der Waals surface area contributed by atoms with E-state index in [0.717, 1.165) is 5.56 Å². The fourth-order valence-electron chi connectivity index (χ4n) is 1.56. The Balaban J connectivity index is 2.41. The van der Waals surface area contributed by atoms with Crippen molar-refractivity contribution in [3.63, 3.8) is 0 Å². The van der Waals surface area contributed by atoms with Gasteiger partial charge in [-0.1, -0.05) is 41.9 Å². The van der Waals surface area contributed by atoms with Gasteiger partial charge in [-0.3, -0.25) is 0 Å². The molecule has 0 saturated heterocycles. The van der Waals surface area contributed by atoms with Gasteiger partial charge in [0.25, 0.3) is 0 Å². The van der Waals surface area contributed by atoms with Gasteiger partial charge in [-0.05, 0) is 23.8 Å². The first-order chi connectivity index (χ1) is 7.68. The monoisotopic (exact) mass is 234 g/mol. The minimum absolute atomic E-state index is 0.0424. The summed E-state index contributed by atoms with van der Waals surface area (Å²) in [6.07, 6.45) is -0.861. The van der Waals surface area contributed by atoms with Crippen molar-refractivity contribution >= 4 is 11.6 Å². The topological polar surface area (TPSA) is 40.5 Å². The number of hydrogen-bond donors (Lipinski definition) is 2. The highest BCUT2D eigenvalue weighted by molar-refractivity contribution is 6.30. The zero-order chi connectivity index (χ0) is 11.5. The van der Waals surface area contributed by atoms with Crippen molar-refractivity contribution < 1.29 is 10.2 Å². The molecule has 0 fully saturated rings. The molecule has 2 nitrogen and oxygen atoms in total. The molecule has 82 valence electrons. The van der Waals surface area contributed by atoms with Crippen molar-refractivity contribution in [3.05, 3.63) is 64.7 Å². The van der Waals surface area contributed by atoms with Crippen LogP contribution in [0.5, 0.6) is 5.75 Å². The quantitative estimate of drug-likeness (QED) is 0.838. The van der Waals surface area contributed by atoms with Crippen LogP contribution in [-0.2, 0) is 0 Å². The van der Waals surface area contributed by atoms with Gasteiger partial charge in [0.05, 0.1) is 0 Å². The van der Waals surface area contributed by atoms with Gasteiger partial charge < -0.3 is 10.2 Å². The van der Waals surface area contributed by atoms with Gasteiger partial charge >= 0.3 is 0 Å². The summed E-state index contributed by atoms with van der Waals surface area (Å²) in [5, 5.41) is 20.2. The Morgan fingerprint density at radius 2 is 1.69 bits per heavy atom. The molecule has 2 aromatic carbocycles. The third kappa shape index (κ3) is 2.18. The van der Waals surface area contributed by atoms with E-state index in [2.05, 4.69) is 0 Å². The zero-order valence-corrected chi connectivity index (χ0v) is 9.22. The van der Waals surface area contributed by atoms with Crippen LogP contribution in [-0.4, -0.2) is 10.2 Å². The molecule has 0 spiro atoms. The van der Waals surface area contributed by atoms with Crippen LogP contribution >= 0.6 is 11.6 Å². The van der Waals surface area contributed by atoms with Crippen LogP contribution in [0.2, 0.25) is 5.02 Å². The number of rotatable bonds is 2. The van der Waals surface area contributed by atoms with E-state index in [4.69, 9.17) is 11.6 Å². The van der Waals surface area contributed by atoms with E-state index in [0.29, 0.717) is 10.6 Å². The summed E-state index contributed by atoms with van der Waals surface area (Å²) in [6, 6.07) is 13.8. The Bertz CT molecular complexity index is 483. The van der Waals surface area contributed by atoms with Crippen molar-refractivity contribution in [2.24, 2.45) is 0 Å². The number of aromatic hydroxyl groups is 1. The Hall–Kier alpha value is -1.51. The fourth-order valence-corrected chi connectivity index (χ4v) is 1.74. The third-order valence-electron chi connectivity index (χ3n) is 2.40. The first-order valence-electron chi connectivity index (χ1n) is 4.90.